The van der Waals surface area contributed by atoms with E-state index in [1.165, 1.54) is 5.57 Å². The van der Waals surface area contributed by atoms with E-state index in [0.717, 1.165) is 44.9 Å². The number of rotatable bonds is 13. The van der Waals surface area contributed by atoms with Crippen LogP contribution in [-0.4, -0.2) is 37.6 Å². The molecule has 12 heteroatoms. The van der Waals surface area contributed by atoms with Crippen LogP contribution in [0.25, 0.3) is 0 Å². The van der Waals surface area contributed by atoms with Crippen molar-refractivity contribution >= 4 is 15.6 Å². The Morgan fingerprint density at radius 1 is 0.860 bits per heavy atom. The minimum Gasteiger partial charge on any atom is -0.287 e. The van der Waals surface area contributed by atoms with Gasteiger partial charge in [0.15, 0.2) is 11.2 Å². The van der Waals surface area contributed by atoms with E-state index in [9.17, 15) is 19.7 Å². The van der Waals surface area contributed by atoms with E-state index in [1.807, 2.05) is 6.08 Å². The fraction of sp³-hybridized carbons (Fsp3) is 0.871. The summed E-state index contributed by atoms with van der Waals surface area (Å²) in [5, 5.41) is 20.7. The lowest BCUT2D eigenvalue weighted by Crippen LogP contribution is -2.54. The summed E-state index contributed by atoms with van der Waals surface area (Å²) in [6.45, 7) is 13.9. The lowest BCUT2D eigenvalue weighted by Gasteiger charge is -2.59. The van der Waals surface area contributed by atoms with E-state index >= 15 is 0 Å². The Kier molecular flexibility index (Phi) is 10.5. The Morgan fingerprint density at radius 2 is 1.47 bits per heavy atom. The number of hydrogen-bond acceptors (Lipinski definition) is 10. The highest BCUT2D eigenvalue weighted by molar-refractivity contribution is 7.48. The van der Waals surface area contributed by atoms with Gasteiger partial charge in [0.25, 0.3) is 0 Å². The Labute approximate surface area is 258 Å². The number of allylic oxidation sites excluding steroid dienone is 1. The van der Waals surface area contributed by atoms with Gasteiger partial charge in [0, 0.05) is 5.92 Å². The molecule has 0 radical (unpaired) electrons. The van der Waals surface area contributed by atoms with Gasteiger partial charge in [-0.15, -0.1) is 0 Å². The van der Waals surface area contributed by atoms with Crippen LogP contribution >= 0.6 is 15.6 Å². The molecule has 0 heterocycles. The van der Waals surface area contributed by atoms with Gasteiger partial charge >= 0.3 is 15.6 Å². The van der Waals surface area contributed by atoms with Crippen molar-refractivity contribution in [1.82, 2.24) is 0 Å². The molecule has 43 heavy (non-hydrogen) atoms. The van der Waals surface area contributed by atoms with Crippen LogP contribution in [0.1, 0.15) is 99.8 Å². The monoisotopic (exact) mass is 640 g/mol. The van der Waals surface area contributed by atoms with Crippen LogP contribution in [0.3, 0.4) is 0 Å². The van der Waals surface area contributed by atoms with E-state index < -0.39 is 26.8 Å². The van der Waals surface area contributed by atoms with Crippen LogP contribution < -0.4 is 0 Å². The summed E-state index contributed by atoms with van der Waals surface area (Å²) in [6.07, 6.45) is 8.54. The first kappa shape index (κ1) is 34.8. The third-order valence-electron chi connectivity index (χ3n) is 11.0. The third-order valence-corrected chi connectivity index (χ3v) is 14.4. The van der Waals surface area contributed by atoms with Gasteiger partial charge < -0.3 is 0 Å². The van der Waals surface area contributed by atoms with Gasteiger partial charge in [-0.25, -0.2) is 9.13 Å². The fourth-order valence-corrected chi connectivity index (χ4v) is 12.0. The highest BCUT2D eigenvalue weighted by Crippen LogP contribution is 2.70. The predicted octanol–water partition coefficient (Wildman–Crippen LogP) is 8.51. The normalized spacial score (nSPS) is 37.2. The molecule has 3 fully saturated rings. The van der Waals surface area contributed by atoms with Crippen LogP contribution in [0.2, 0.25) is 0 Å². The van der Waals surface area contributed by atoms with E-state index in [-0.39, 0.29) is 43.2 Å². The number of phosphoric acid groups is 2. The first-order chi connectivity index (χ1) is 20.3. The van der Waals surface area contributed by atoms with Crippen molar-refractivity contribution in [3.05, 3.63) is 11.6 Å². The van der Waals surface area contributed by atoms with Crippen LogP contribution in [0.5, 0.6) is 0 Å². The maximum absolute atomic E-state index is 13.4. The Balaban J connectivity index is 1.59. The van der Waals surface area contributed by atoms with Gasteiger partial charge in [-0.1, -0.05) is 19.4 Å². The molecule has 3 saturated carbocycles. The average molecular weight is 641 g/mol. The first-order valence-electron chi connectivity index (χ1n) is 16.0. The number of hydrogen-bond donors (Lipinski definition) is 0. The maximum atomic E-state index is 13.4. The molecule has 0 bridgehead atoms. The highest BCUT2D eigenvalue weighted by Gasteiger charge is 2.64. The average Bonchev–Trinajstić information content (AvgIpc) is 3.31. The smallest absolute Gasteiger partial charge is 0.287 e. The molecule has 0 aromatic heterocycles. The quantitative estimate of drug-likeness (QED) is 0.142. The zero-order valence-corrected chi connectivity index (χ0v) is 28.7. The SMILES string of the molecule is CCOP(=O)(OCC)OC1(C#N)C=C2CC[C@H]3[C@@H]4CC[C@H](C(C)(C#N)OP(=O)(OCC)OCC)[C@@]4(C)CC[C@@H]3[C@@]2(C)CC1. The molecule has 10 nitrogen and oxygen atoms in total. The predicted molar refractivity (Wildman–Crippen MR) is 161 cm³/mol. The zero-order valence-electron chi connectivity index (χ0n) is 26.9. The minimum atomic E-state index is -3.89. The van der Waals surface area contributed by atoms with Crippen molar-refractivity contribution in [2.24, 2.45) is 34.5 Å². The molecule has 0 amide bonds. The molecule has 0 N–H and O–H groups in total. The van der Waals surface area contributed by atoms with Gasteiger partial charge in [-0.05, 0) is 121 Å². The van der Waals surface area contributed by atoms with Crippen molar-refractivity contribution in [3.63, 3.8) is 0 Å². The Bertz CT molecular complexity index is 1230. The van der Waals surface area contributed by atoms with Gasteiger partial charge in [-0.2, -0.15) is 10.5 Å². The number of fused-ring (bicyclic) bond motifs is 5. The topological polar surface area (TPSA) is 137 Å². The van der Waals surface area contributed by atoms with Crippen molar-refractivity contribution in [2.45, 2.75) is 111 Å². The molecule has 0 aromatic rings. The van der Waals surface area contributed by atoms with Crippen molar-refractivity contribution in [3.8, 4) is 12.1 Å². The Morgan fingerprint density at radius 3 is 2.02 bits per heavy atom. The molecule has 0 aromatic carbocycles. The number of nitriles is 2. The number of phosphoric ester groups is 2. The van der Waals surface area contributed by atoms with Gasteiger partial charge in [-0.3, -0.25) is 27.1 Å². The second kappa shape index (κ2) is 13.0. The first-order valence-corrected chi connectivity index (χ1v) is 18.9. The largest absolute Gasteiger partial charge is 0.476 e. The fourth-order valence-electron chi connectivity index (χ4n) is 9.20. The van der Waals surface area contributed by atoms with E-state index in [4.69, 9.17) is 27.1 Å². The maximum Gasteiger partial charge on any atom is 0.476 e. The summed E-state index contributed by atoms with van der Waals surface area (Å²) in [5.74, 6) is 1.14. The summed E-state index contributed by atoms with van der Waals surface area (Å²) < 4.78 is 60.2. The summed E-state index contributed by atoms with van der Waals surface area (Å²) in [4.78, 5) is 0. The summed E-state index contributed by atoms with van der Waals surface area (Å²) in [7, 11) is -7.78. The Hall–Kier alpha value is -1.06. The lowest BCUT2D eigenvalue weighted by atomic mass is 9.46. The molecule has 4 aliphatic rings. The van der Waals surface area contributed by atoms with Gasteiger partial charge in [0.2, 0.25) is 0 Å². The zero-order chi connectivity index (χ0) is 31.7. The van der Waals surface area contributed by atoms with Gasteiger partial charge in [0.05, 0.1) is 32.5 Å². The van der Waals surface area contributed by atoms with Crippen molar-refractivity contribution in [2.75, 3.05) is 26.4 Å². The molecule has 0 spiro atoms. The molecular formula is C31H50N2O8P2. The molecule has 242 valence electrons. The second-order valence-electron chi connectivity index (χ2n) is 13.1. The van der Waals surface area contributed by atoms with Crippen LogP contribution in [0, 0.1) is 57.2 Å². The summed E-state index contributed by atoms with van der Waals surface area (Å²) >= 11 is 0. The van der Waals surface area contributed by atoms with Crippen LogP contribution in [-0.2, 0) is 36.3 Å². The lowest BCUT2D eigenvalue weighted by molar-refractivity contribution is -0.0892. The highest BCUT2D eigenvalue weighted by atomic mass is 31.2. The standard InChI is InChI=1S/C31H50N2O8P2/c1-8-36-42(34,37-9-2)40-30(7,21-32)27-15-14-25-24-13-12-23-20-31(22-33,41-43(35,38-10-3)39-11-4)19-18-28(23,5)26(24)16-17-29(25,27)6/h20,24-27H,8-19H2,1-7H3/t24-,25-,26-,27-,28-,29-,30?,31?/m0/s1. The third kappa shape index (κ3) is 6.34. The van der Waals surface area contributed by atoms with Crippen molar-refractivity contribution in [1.29, 1.82) is 10.5 Å². The minimum absolute atomic E-state index is 0.109. The van der Waals surface area contributed by atoms with Gasteiger partial charge in [0.1, 0.15) is 6.07 Å². The molecule has 4 aliphatic carbocycles. The molecule has 4 rings (SSSR count). The van der Waals surface area contributed by atoms with Crippen molar-refractivity contribution < 1.29 is 36.3 Å². The molecule has 0 saturated heterocycles. The van der Waals surface area contributed by atoms with Crippen LogP contribution in [0.15, 0.2) is 11.6 Å². The van der Waals surface area contributed by atoms with E-state index in [2.05, 4.69) is 26.0 Å². The molecule has 2 unspecified atom stereocenters. The molecule has 8 atom stereocenters. The van der Waals surface area contributed by atoms with E-state index in [0.29, 0.717) is 24.2 Å². The second-order valence-corrected chi connectivity index (χ2v) is 16.3. The van der Waals surface area contributed by atoms with E-state index in [1.54, 1.807) is 34.6 Å². The summed E-state index contributed by atoms with van der Waals surface area (Å²) in [5.41, 5.74) is -1.75. The molecule has 0 aliphatic heterocycles. The molecular weight excluding hydrogens is 590 g/mol. The van der Waals surface area contributed by atoms with Crippen LogP contribution in [0.4, 0.5) is 0 Å². The summed E-state index contributed by atoms with van der Waals surface area (Å²) in [6, 6.07) is 4.68. The number of nitrogens with zero attached hydrogens (tertiary/aromatic N) is 2.